The predicted molar refractivity (Wildman–Crippen MR) is 64.0 cm³/mol. The van der Waals surface area contributed by atoms with Gasteiger partial charge in [0.1, 0.15) is 11.2 Å². The largest absolute Gasteiger partial charge is 0.481 e. The van der Waals surface area contributed by atoms with Crippen molar-refractivity contribution in [1.29, 1.82) is 0 Å². The van der Waals surface area contributed by atoms with Gasteiger partial charge in [0.05, 0.1) is 11.0 Å². The Balaban J connectivity index is 1.78. The van der Waals surface area contributed by atoms with Crippen LogP contribution in [0.15, 0.2) is 24.3 Å². The topological polar surface area (TPSA) is 66.0 Å². The van der Waals surface area contributed by atoms with Crippen LogP contribution in [0, 0.1) is 5.41 Å². The maximum atomic E-state index is 13.2. The first-order valence-corrected chi connectivity index (χ1v) is 5.99. The average Bonchev–Trinajstić information content (AvgIpc) is 2.74. The number of aromatic amines is 1. The van der Waals surface area contributed by atoms with Crippen molar-refractivity contribution in [3.05, 3.63) is 30.1 Å². The van der Waals surface area contributed by atoms with E-state index in [0.717, 1.165) is 11.0 Å². The van der Waals surface area contributed by atoms with Gasteiger partial charge in [0.2, 0.25) is 0 Å². The summed E-state index contributed by atoms with van der Waals surface area (Å²) >= 11 is 0. The number of hydrogen-bond acceptors (Lipinski definition) is 2. The molecule has 1 aliphatic rings. The van der Waals surface area contributed by atoms with Crippen molar-refractivity contribution < 1.29 is 18.7 Å². The van der Waals surface area contributed by atoms with E-state index >= 15 is 0 Å². The van der Waals surface area contributed by atoms with Gasteiger partial charge in [-0.1, -0.05) is 12.1 Å². The molecule has 0 bridgehead atoms. The first-order valence-electron chi connectivity index (χ1n) is 5.99. The molecule has 3 rings (SSSR count). The highest BCUT2D eigenvalue weighted by atomic mass is 19.3. The third-order valence-electron chi connectivity index (χ3n) is 3.74. The Bertz CT molecular complexity index is 620. The fourth-order valence-corrected chi connectivity index (χ4v) is 2.40. The number of aromatic nitrogens is 2. The molecular weight excluding hydrogens is 254 g/mol. The van der Waals surface area contributed by atoms with Gasteiger partial charge < -0.3 is 10.1 Å². The lowest BCUT2D eigenvalue weighted by Crippen LogP contribution is -2.23. The van der Waals surface area contributed by atoms with Crippen molar-refractivity contribution in [3.8, 4) is 0 Å². The number of carboxylic acid groups (broad SMARTS) is 1. The predicted octanol–water partition coefficient (Wildman–Crippen LogP) is 2.61. The average molecular weight is 266 g/mol. The second-order valence-electron chi connectivity index (χ2n) is 4.97. The Morgan fingerprint density at radius 1 is 1.42 bits per heavy atom. The van der Waals surface area contributed by atoms with Crippen molar-refractivity contribution in [3.63, 3.8) is 0 Å². The van der Waals surface area contributed by atoms with Crippen LogP contribution >= 0.6 is 0 Å². The minimum Gasteiger partial charge on any atom is -0.481 e. The van der Waals surface area contributed by atoms with Crippen LogP contribution in [-0.2, 0) is 11.2 Å². The smallest absolute Gasteiger partial charge is 0.316 e. The van der Waals surface area contributed by atoms with Gasteiger partial charge in [-0.3, -0.25) is 4.79 Å². The third kappa shape index (κ3) is 1.78. The summed E-state index contributed by atoms with van der Waals surface area (Å²) in [5.41, 5.74) is -0.319. The second kappa shape index (κ2) is 3.76. The molecule has 1 heterocycles. The number of fused-ring (bicyclic) bond motifs is 1. The standard InChI is InChI=1S/C13H12F2N2O2/c14-13(15)7-12(13,11(18)19)6-5-10-16-8-3-1-2-4-9(8)17-10/h1-4H,5-7H2,(H,16,17)(H,18,19). The lowest BCUT2D eigenvalue weighted by molar-refractivity contribution is -0.147. The number of alkyl halides is 2. The van der Waals surface area contributed by atoms with E-state index in [1.807, 2.05) is 24.3 Å². The highest BCUT2D eigenvalue weighted by Gasteiger charge is 2.75. The number of hydrogen-bond donors (Lipinski definition) is 2. The third-order valence-corrected chi connectivity index (χ3v) is 3.74. The molecule has 2 aromatic rings. The summed E-state index contributed by atoms with van der Waals surface area (Å²) in [6.07, 6.45) is -0.471. The number of halogens is 2. The van der Waals surface area contributed by atoms with E-state index in [4.69, 9.17) is 5.11 Å². The number of carboxylic acids is 1. The number of nitrogens with zero attached hydrogens (tertiary/aromatic N) is 1. The molecule has 2 N–H and O–H groups in total. The summed E-state index contributed by atoms with van der Waals surface area (Å²) in [6, 6.07) is 7.33. The van der Waals surface area contributed by atoms with Crippen LogP contribution < -0.4 is 0 Å². The molecule has 6 heteroatoms. The SMILES string of the molecule is O=C(O)C1(CCc2nc3ccccc3[nH]2)CC1(F)F. The molecule has 0 aliphatic heterocycles. The fraction of sp³-hybridized carbons (Fsp3) is 0.385. The molecule has 1 aliphatic carbocycles. The number of rotatable bonds is 4. The van der Waals surface area contributed by atoms with E-state index in [0.29, 0.717) is 5.82 Å². The van der Waals surface area contributed by atoms with Gasteiger partial charge in [-0.25, -0.2) is 13.8 Å². The number of imidazole rings is 1. The summed E-state index contributed by atoms with van der Waals surface area (Å²) < 4.78 is 26.4. The van der Waals surface area contributed by atoms with Crippen LogP contribution in [0.5, 0.6) is 0 Å². The maximum absolute atomic E-state index is 13.2. The van der Waals surface area contributed by atoms with Gasteiger partial charge in [-0.2, -0.15) is 0 Å². The quantitative estimate of drug-likeness (QED) is 0.893. The number of nitrogens with one attached hydrogen (secondary N) is 1. The van der Waals surface area contributed by atoms with Crippen LogP contribution in [-0.4, -0.2) is 27.0 Å². The van der Waals surface area contributed by atoms with E-state index in [9.17, 15) is 13.6 Å². The van der Waals surface area contributed by atoms with Crippen molar-refractivity contribution in [2.24, 2.45) is 5.41 Å². The van der Waals surface area contributed by atoms with Crippen molar-refractivity contribution >= 4 is 17.0 Å². The Labute approximate surface area is 107 Å². The molecule has 19 heavy (non-hydrogen) atoms. The fourth-order valence-electron chi connectivity index (χ4n) is 2.40. The van der Waals surface area contributed by atoms with Gasteiger partial charge in [-0.15, -0.1) is 0 Å². The van der Waals surface area contributed by atoms with Crippen LogP contribution in [0.4, 0.5) is 8.78 Å². The van der Waals surface area contributed by atoms with Crippen molar-refractivity contribution in [1.82, 2.24) is 9.97 Å². The molecule has 4 nitrogen and oxygen atoms in total. The molecule has 1 aromatic heterocycles. The lowest BCUT2D eigenvalue weighted by atomic mass is 9.99. The zero-order valence-electron chi connectivity index (χ0n) is 9.99. The normalized spacial score (nSPS) is 24.5. The van der Waals surface area contributed by atoms with Gasteiger partial charge >= 0.3 is 5.97 Å². The zero-order valence-corrected chi connectivity index (χ0v) is 9.99. The molecular formula is C13H12F2N2O2. The second-order valence-corrected chi connectivity index (χ2v) is 4.97. The highest BCUT2D eigenvalue weighted by molar-refractivity contribution is 5.80. The van der Waals surface area contributed by atoms with E-state index < -0.39 is 23.7 Å². The molecule has 0 amide bonds. The monoisotopic (exact) mass is 266 g/mol. The first-order chi connectivity index (χ1) is 8.95. The number of H-pyrrole nitrogens is 1. The van der Waals surface area contributed by atoms with Crippen molar-refractivity contribution in [2.45, 2.75) is 25.2 Å². The summed E-state index contributed by atoms with van der Waals surface area (Å²) in [4.78, 5) is 18.3. The molecule has 0 radical (unpaired) electrons. The van der Waals surface area contributed by atoms with E-state index in [1.165, 1.54) is 0 Å². The molecule has 1 atom stereocenters. The molecule has 1 fully saturated rings. The van der Waals surface area contributed by atoms with E-state index in [2.05, 4.69) is 9.97 Å². The van der Waals surface area contributed by atoms with Crippen LogP contribution in [0.3, 0.4) is 0 Å². The van der Waals surface area contributed by atoms with Crippen LogP contribution in [0.1, 0.15) is 18.7 Å². The molecule has 1 saturated carbocycles. The van der Waals surface area contributed by atoms with E-state index in [-0.39, 0.29) is 12.8 Å². The number of aryl methyl sites for hydroxylation is 1. The highest BCUT2D eigenvalue weighted by Crippen LogP contribution is 2.63. The first kappa shape index (κ1) is 12.1. The Hall–Kier alpha value is -1.98. The minimum absolute atomic E-state index is 0.102. The summed E-state index contributed by atoms with van der Waals surface area (Å²) in [7, 11) is 0. The Morgan fingerprint density at radius 3 is 2.68 bits per heavy atom. The summed E-state index contributed by atoms with van der Waals surface area (Å²) in [5, 5.41) is 8.95. The van der Waals surface area contributed by atoms with Crippen LogP contribution in [0.2, 0.25) is 0 Å². The maximum Gasteiger partial charge on any atom is 0.316 e. The molecule has 0 saturated heterocycles. The Kier molecular flexibility index (Phi) is 2.39. The molecule has 100 valence electrons. The number of para-hydroxylation sites is 2. The Morgan fingerprint density at radius 2 is 2.11 bits per heavy atom. The van der Waals surface area contributed by atoms with Crippen molar-refractivity contribution in [2.75, 3.05) is 0 Å². The molecule has 0 spiro atoms. The number of aliphatic carboxylic acids is 1. The minimum atomic E-state index is -3.09. The molecule has 1 unspecified atom stereocenters. The van der Waals surface area contributed by atoms with Gasteiger partial charge in [-0.05, 0) is 18.6 Å². The summed E-state index contributed by atoms with van der Waals surface area (Å²) in [5.74, 6) is -3.97. The number of benzene rings is 1. The van der Waals surface area contributed by atoms with Crippen LogP contribution in [0.25, 0.3) is 11.0 Å². The molecule has 1 aromatic carbocycles. The lowest BCUT2D eigenvalue weighted by Gasteiger charge is -2.09. The number of carbonyl (C=O) groups is 1. The van der Waals surface area contributed by atoms with Gasteiger partial charge in [0.25, 0.3) is 5.92 Å². The van der Waals surface area contributed by atoms with Gasteiger partial charge in [0, 0.05) is 12.8 Å². The van der Waals surface area contributed by atoms with Gasteiger partial charge in [0.15, 0.2) is 0 Å². The summed E-state index contributed by atoms with van der Waals surface area (Å²) in [6.45, 7) is 0. The zero-order chi connectivity index (χ0) is 13.7. The van der Waals surface area contributed by atoms with E-state index in [1.54, 1.807) is 0 Å².